The zero-order valence-corrected chi connectivity index (χ0v) is 12.5. The Balaban J connectivity index is 1.80. The Morgan fingerprint density at radius 2 is 1.90 bits per heavy atom. The van der Waals surface area contributed by atoms with Crippen LogP contribution in [0.25, 0.3) is 0 Å². The van der Waals surface area contributed by atoms with Crippen molar-refractivity contribution < 1.29 is 9.90 Å². The average Bonchev–Trinajstić information content (AvgIpc) is 2.41. The molecule has 2 aromatic carbocycles. The summed E-state index contributed by atoms with van der Waals surface area (Å²) in [6, 6.07) is 15.9. The van der Waals surface area contributed by atoms with Crippen LogP contribution in [0.1, 0.15) is 34.9 Å². The number of hydrogen-bond acceptors (Lipinski definition) is 1. The van der Waals surface area contributed by atoms with Crippen molar-refractivity contribution in [2.45, 2.75) is 24.7 Å². The van der Waals surface area contributed by atoms with Crippen LogP contribution in [0, 0.1) is 0 Å². The molecule has 3 rings (SSSR count). The average molecular weight is 331 g/mol. The maximum Gasteiger partial charge on any atom is 0.310 e. The lowest BCUT2D eigenvalue weighted by Crippen LogP contribution is -2.22. The molecule has 2 atom stereocenters. The minimum absolute atomic E-state index is 0.371. The van der Waals surface area contributed by atoms with Gasteiger partial charge in [0, 0.05) is 4.47 Å². The Bertz CT molecular complexity index is 634. The summed E-state index contributed by atoms with van der Waals surface area (Å²) < 4.78 is 0.972. The summed E-state index contributed by atoms with van der Waals surface area (Å²) >= 11 is 3.38. The van der Waals surface area contributed by atoms with E-state index in [0.717, 1.165) is 16.5 Å². The molecule has 0 heterocycles. The molecule has 1 aliphatic rings. The van der Waals surface area contributed by atoms with E-state index in [1.165, 1.54) is 11.1 Å². The van der Waals surface area contributed by atoms with Gasteiger partial charge in [-0.2, -0.15) is 0 Å². The van der Waals surface area contributed by atoms with E-state index in [9.17, 15) is 9.90 Å². The van der Waals surface area contributed by atoms with E-state index < -0.39 is 11.9 Å². The van der Waals surface area contributed by atoms with Gasteiger partial charge in [-0.15, -0.1) is 0 Å². The number of rotatable bonds is 4. The smallest absolute Gasteiger partial charge is 0.310 e. The van der Waals surface area contributed by atoms with Crippen LogP contribution in [-0.4, -0.2) is 11.1 Å². The highest BCUT2D eigenvalue weighted by molar-refractivity contribution is 9.10. The third kappa shape index (κ3) is 2.50. The van der Waals surface area contributed by atoms with E-state index in [0.29, 0.717) is 12.3 Å². The number of fused-ring (bicyclic) bond motifs is 1. The SMILES string of the molecule is O=C(O)C(CC1Cc2ccccc21)c1ccc(Br)cc1. The van der Waals surface area contributed by atoms with E-state index in [1.54, 1.807) is 0 Å². The second kappa shape index (κ2) is 5.41. The van der Waals surface area contributed by atoms with Crippen molar-refractivity contribution in [3.63, 3.8) is 0 Å². The number of aliphatic carboxylic acids is 1. The standard InChI is InChI=1S/C17H15BrO2/c18-14-7-5-11(6-8-14)16(17(19)20)10-13-9-12-3-1-2-4-15(12)13/h1-8,13,16H,9-10H2,(H,19,20). The van der Waals surface area contributed by atoms with Gasteiger partial charge in [0.15, 0.2) is 0 Å². The van der Waals surface area contributed by atoms with E-state index in [-0.39, 0.29) is 0 Å². The van der Waals surface area contributed by atoms with Crippen molar-refractivity contribution in [1.82, 2.24) is 0 Å². The molecule has 0 amide bonds. The van der Waals surface area contributed by atoms with Crippen LogP contribution in [0.2, 0.25) is 0 Å². The van der Waals surface area contributed by atoms with Gasteiger partial charge in [0.25, 0.3) is 0 Å². The van der Waals surface area contributed by atoms with Crippen molar-refractivity contribution in [2.75, 3.05) is 0 Å². The summed E-state index contributed by atoms with van der Waals surface area (Å²) in [6.07, 6.45) is 1.67. The van der Waals surface area contributed by atoms with Gasteiger partial charge in [-0.3, -0.25) is 4.79 Å². The van der Waals surface area contributed by atoms with Gasteiger partial charge in [0.1, 0.15) is 0 Å². The molecule has 2 unspecified atom stereocenters. The first-order chi connectivity index (χ1) is 9.65. The Morgan fingerprint density at radius 3 is 2.55 bits per heavy atom. The van der Waals surface area contributed by atoms with Crippen LogP contribution in [0.5, 0.6) is 0 Å². The van der Waals surface area contributed by atoms with Crippen LogP contribution >= 0.6 is 15.9 Å². The molecular formula is C17H15BrO2. The normalized spacial score (nSPS) is 17.9. The summed E-state index contributed by atoms with van der Waals surface area (Å²) in [7, 11) is 0. The predicted molar refractivity (Wildman–Crippen MR) is 82.0 cm³/mol. The molecular weight excluding hydrogens is 316 g/mol. The number of halogens is 1. The molecule has 0 saturated carbocycles. The fourth-order valence-corrected chi connectivity index (χ4v) is 3.20. The number of carboxylic acid groups (broad SMARTS) is 1. The van der Waals surface area contributed by atoms with Crippen LogP contribution in [0.3, 0.4) is 0 Å². The lowest BCUT2D eigenvalue weighted by molar-refractivity contribution is -0.139. The fourth-order valence-electron chi connectivity index (χ4n) is 2.93. The molecule has 1 aliphatic carbocycles. The fraction of sp³-hybridized carbons (Fsp3) is 0.235. The minimum atomic E-state index is -0.739. The molecule has 0 aliphatic heterocycles. The minimum Gasteiger partial charge on any atom is -0.481 e. The Morgan fingerprint density at radius 1 is 1.20 bits per heavy atom. The lowest BCUT2D eigenvalue weighted by Gasteiger charge is -2.32. The third-order valence-electron chi connectivity index (χ3n) is 4.05. The highest BCUT2D eigenvalue weighted by Gasteiger charge is 2.31. The third-order valence-corrected chi connectivity index (χ3v) is 4.58. The van der Waals surface area contributed by atoms with Gasteiger partial charge < -0.3 is 5.11 Å². The van der Waals surface area contributed by atoms with Crippen LogP contribution < -0.4 is 0 Å². The van der Waals surface area contributed by atoms with Crippen molar-refractivity contribution in [3.8, 4) is 0 Å². The number of carbonyl (C=O) groups is 1. The zero-order chi connectivity index (χ0) is 14.1. The predicted octanol–water partition coefficient (Wildman–Crippen LogP) is 4.35. The van der Waals surface area contributed by atoms with Gasteiger partial charge >= 0.3 is 5.97 Å². The van der Waals surface area contributed by atoms with Gasteiger partial charge in [0.2, 0.25) is 0 Å². The van der Waals surface area contributed by atoms with Crippen molar-refractivity contribution >= 4 is 21.9 Å². The molecule has 0 spiro atoms. The van der Waals surface area contributed by atoms with E-state index in [4.69, 9.17) is 0 Å². The molecule has 20 heavy (non-hydrogen) atoms. The molecule has 2 aromatic rings. The molecule has 0 fully saturated rings. The van der Waals surface area contributed by atoms with Gasteiger partial charge in [-0.25, -0.2) is 0 Å². The quantitative estimate of drug-likeness (QED) is 0.904. The Labute approximate surface area is 126 Å². The maximum atomic E-state index is 11.6. The number of benzene rings is 2. The largest absolute Gasteiger partial charge is 0.481 e. The molecule has 0 saturated heterocycles. The molecule has 0 bridgehead atoms. The first kappa shape index (κ1) is 13.4. The zero-order valence-electron chi connectivity index (χ0n) is 10.9. The molecule has 2 nitrogen and oxygen atoms in total. The topological polar surface area (TPSA) is 37.3 Å². The van der Waals surface area contributed by atoms with Crippen molar-refractivity contribution in [3.05, 3.63) is 69.7 Å². The monoisotopic (exact) mass is 330 g/mol. The summed E-state index contributed by atoms with van der Waals surface area (Å²) in [4.78, 5) is 11.6. The van der Waals surface area contributed by atoms with Crippen LogP contribution in [-0.2, 0) is 11.2 Å². The molecule has 3 heteroatoms. The highest BCUT2D eigenvalue weighted by Crippen LogP contribution is 2.41. The van der Waals surface area contributed by atoms with E-state index >= 15 is 0 Å². The molecule has 0 radical (unpaired) electrons. The summed E-state index contributed by atoms with van der Waals surface area (Å²) in [5.74, 6) is -0.797. The molecule has 1 N–H and O–H groups in total. The van der Waals surface area contributed by atoms with Crippen LogP contribution in [0.15, 0.2) is 53.0 Å². The second-order valence-corrected chi connectivity index (χ2v) is 6.19. The first-order valence-electron chi connectivity index (χ1n) is 6.71. The molecule has 0 aromatic heterocycles. The summed E-state index contributed by atoms with van der Waals surface area (Å²) in [5.41, 5.74) is 3.55. The van der Waals surface area contributed by atoms with Crippen LogP contribution in [0.4, 0.5) is 0 Å². The lowest BCUT2D eigenvalue weighted by atomic mass is 9.72. The van der Waals surface area contributed by atoms with Crippen molar-refractivity contribution in [2.24, 2.45) is 0 Å². The number of carboxylic acids is 1. The highest BCUT2D eigenvalue weighted by atomic mass is 79.9. The summed E-state index contributed by atoms with van der Waals surface area (Å²) in [5, 5.41) is 9.50. The number of hydrogen-bond donors (Lipinski definition) is 1. The summed E-state index contributed by atoms with van der Waals surface area (Å²) in [6.45, 7) is 0. The maximum absolute atomic E-state index is 11.6. The molecule has 102 valence electrons. The van der Waals surface area contributed by atoms with Gasteiger partial charge in [-0.05, 0) is 47.6 Å². The Kier molecular flexibility index (Phi) is 3.62. The van der Waals surface area contributed by atoms with Crippen molar-refractivity contribution in [1.29, 1.82) is 0 Å². The van der Waals surface area contributed by atoms with E-state index in [1.807, 2.05) is 36.4 Å². The van der Waals surface area contributed by atoms with E-state index in [2.05, 4.69) is 28.1 Å². The van der Waals surface area contributed by atoms with Gasteiger partial charge in [-0.1, -0.05) is 52.3 Å². The Hall–Kier alpha value is -1.61. The first-order valence-corrected chi connectivity index (χ1v) is 7.50. The van der Waals surface area contributed by atoms with Gasteiger partial charge in [0.05, 0.1) is 5.92 Å². The second-order valence-electron chi connectivity index (χ2n) is 5.28.